The molecular formula is C23H23BrN4O3. The number of nitrogens with zero attached hydrogens (tertiary/aromatic N) is 3. The highest BCUT2D eigenvalue weighted by atomic mass is 79.9. The van der Waals surface area contributed by atoms with Crippen LogP contribution in [0.15, 0.2) is 65.4 Å². The molecule has 31 heavy (non-hydrogen) atoms. The number of methoxy groups -OCH3 is 1. The van der Waals surface area contributed by atoms with Crippen LogP contribution in [0.2, 0.25) is 0 Å². The lowest BCUT2D eigenvalue weighted by molar-refractivity contribution is -0.126. The summed E-state index contributed by atoms with van der Waals surface area (Å²) < 4.78 is 8.32. The Hall–Kier alpha value is -3.13. The number of aryl methyl sites for hydroxylation is 1. The highest BCUT2D eigenvalue weighted by Crippen LogP contribution is 2.31. The number of hydrogen-bond acceptors (Lipinski definition) is 4. The SMILES string of the molecule is COc1ccccc1C(NC(=O)C1CC(=O)N(c2ccc(Br)cc2)C1)c1nccn1C. The van der Waals surface area contributed by atoms with Crippen molar-refractivity contribution in [1.82, 2.24) is 14.9 Å². The second-order valence-corrected chi connectivity index (χ2v) is 8.38. The van der Waals surface area contributed by atoms with E-state index in [1.165, 1.54) is 0 Å². The molecule has 2 atom stereocenters. The maximum atomic E-state index is 13.2. The van der Waals surface area contributed by atoms with Crippen molar-refractivity contribution in [1.29, 1.82) is 0 Å². The molecule has 8 heteroatoms. The summed E-state index contributed by atoms with van der Waals surface area (Å²) in [6, 6.07) is 14.5. The predicted molar refractivity (Wildman–Crippen MR) is 121 cm³/mol. The number of rotatable bonds is 6. The lowest BCUT2D eigenvalue weighted by atomic mass is 10.0. The zero-order valence-electron chi connectivity index (χ0n) is 17.3. The number of para-hydroxylation sites is 1. The Bertz CT molecular complexity index is 1100. The molecular weight excluding hydrogens is 460 g/mol. The average molecular weight is 483 g/mol. The van der Waals surface area contributed by atoms with Gasteiger partial charge in [-0.15, -0.1) is 0 Å². The van der Waals surface area contributed by atoms with Crippen molar-refractivity contribution in [2.75, 3.05) is 18.6 Å². The van der Waals surface area contributed by atoms with Gasteiger partial charge in [0.05, 0.1) is 13.0 Å². The van der Waals surface area contributed by atoms with E-state index in [0.717, 1.165) is 15.7 Å². The molecule has 1 aliphatic heterocycles. The smallest absolute Gasteiger partial charge is 0.227 e. The van der Waals surface area contributed by atoms with Crippen LogP contribution in [-0.2, 0) is 16.6 Å². The molecule has 160 valence electrons. The first-order chi connectivity index (χ1) is 15.0. The number of aromatic nitrogens is 2. The number of carbonyl (C=O) groups is 2. The molecule has 2 heterocycles. The third-order valence-electron chi connectivity index (χ3n) is 5.49. The first-order valence-electron chi connectivity index (χ1n) is 9.94. The zero-order chi connectivity index (χ0) is 22.0. The van der Waals surface area contributed by atoms with Gasteiger partial charge in [-0.05, 0) is 30.3 Å². The summed E-state index contributed by atoms with van der Waals surface area (Å²) in [6.07, 6.45) is 3.69. The number of carbonyl (C=O) groups excluding carboxylic acids is 2. The summed E-state index contributed by atoms with van der Waals surface area (Å²) in [6.45, 7) is 0.339. The Kier molecular flexibility index (Phi) is 6.08. The number of hydrogen-bond donors (Lipinski definition) is 1. The van der Waals surface area contributed by atoms with Gasteiger partial charge in [0.15, 0.2) is 0 Å². The van der Waals surface area contributed by atoms with Gasteiger partial charge in [0.2, 0.25) is 11.8 Å². The Balaban J connectivity index is 1.58. The average Bonchev–Trinajstić information content (AvgIpc) is 3.38. The van der Waals surface area contributed by atoms with E-state index in [4.69, 9.17) is 4.74 Å². The fourth-order valence-electron chi connectivity index (χ4n) is 3.86. The molecule has 3 aromatic rings. The van der Waals surface area contributed by atoms with Crippen LogP contribution in [-0.4, -0.2) is 35.0 Å². The van der Waals surface area contributed by atoms with Gasteiger partial charge in [-0.1, -0.05) is 34.1 Å². The van der Waals surface area contributed by atoms with Crippen molar-refractivity contribution in [2.24, 2.45) is 13.0 Å². The van der Waals surface area contributed by atoms with Gasteiger partial charge in [-0.3, -0.25) is 9.59 Å². The molecule has 1 fully saturated rings. The number of ether oxygens (including phenoxy) is 1. The van der Waals surface area contributed by atoms with Gasteiger partial charge in [-0.2, -0.15) is 0 Å². The Morgan fingerprint density at radius 1 is 1.23 bits per heavy atom. The minimum atomic E-state index is -0.500. The summed E-state index contributed by atoms with van der Waals surface area (Å²) in [7, 11) is 3.48. The minimum Gasteiger partial charge on any atom is -0.496 e. The van der Waals surface area contributed by atoms with E-state index in [2.05, 4.69) is 26.2 Å². The standard InChI is InChI=1S/C23H23BrN4O3/c1-27-12-11-25-22(27)21(18-5-3-4-6-19(18)31-2)26-23(30)15-13-20(29)28(14-15)17-9-7-16(24)8-10-17/h3-12,15,21H,13-14H2,1-2H3,(H,26,30). The van der Waals surface area contributed by atoms with E-state index in [9.17, 15) is 9.59 Å². The van der Waals surface area contributed by atoms with Crippen molar-refractivity contribution in [2.45, 2.75) is 12.5 Å². The number of imidazole rings is 1. The van der Waals surface area contributed by atoms with Crippen molar-refractivity contribution in [3.63, 3.8) is 0 Å². The molecule has 0 saturated carbocycles. The van der Waals surface area contributed by atoms with Gasteiger partial charge in [0.1, 0.15) is 17.6 Å². The number of amides is 2. The van der Waals surface area contributed by atoms with E-state index in [-0.39, 0.29) is 18.2 Å². The van der Waals surface area contributed by atoms with Crippen LogP contribution < -0.4 is 15.0 Å². The number of benzene rings is 2. The highest BCUT2D eigenvalue weighted by molar-refractivity contribution is 9.10. The van der Waals surface area contributed by atoms with E-state index in [1.807, 2.05) is 66.3 Å². The molecule has 0 spiro atoms. The van der Waals surface area contributed by atoms with Crippen LogP contribution in [0.25, 0.3) is 0 Å². The van der Waals surface area contributed by atoms with Crippen LogP contribution in [0.3, 0.4) is 0 Å². The first kappa shape index (κ1) is 21.1. The summed E-state index contributed by atoms with van der Waals surface area (Å²) in [5.74, 6) is 0.649. The van der Waals surface area contributed by atoms with Gasteiger partial charge < -0.3 is 19.5 Å². The maximum Gasteiger partial charge on any atom is 0.227 e. The molecule has 4 rings (SSSR count). The number of nitrogens with one attached hydrogen (secondary N) is 1. The summed E-state index contributed by atoms with van der Waals surface area (Å²) in [5, 5.41) is 3.11. The third-order valence-corrected chi connectivity index (χ3v) is 6.02. The van der Waals surface area contributed by atoms with E-state index in [0.29, 0.717) is 18.1 Å². The zero-order valence-corrected chi connectivity index (χ0v) is 18.9. The van der Waals surface area contributed by atoms with Gasteiger partial charge >= 0.3 is 0 Å². The molecule has 0 bridgehead atoms. The fourth-order valence-corrected chi connectivity index (χ4v) is 4.12. The summed E-state index contributed by atoms with van der Waals surface area (Å²) >= 11 is 3.40. The van der Waals surface area contributed by atoms with Crippen molar-refractivity contribution >= 4 is 33.4 Å². The second-order valence-electron chi connectivity index (χ2n) is 7.46. The summed E-state index contributed by atoms with van der Waals surface area (Å²) in [4.78, 5) is 32.0. The van der Waals surface area contributed by atoms with Crippen molar-refractivity contribution in [3.05, 3.63) is 76.8 Å². The van der Waals surface area contributed by atoms with Gasteiger partial charge in [-0.25, -0.2) is 4.98 Å². The lowest BCUT2D eigenvalue weighted by Gasteiger charge is -2.23. The van der Waals surface area contributed by atoms with E-state index >= 15 is 0 Å². The van der Waals surface area contributed by atoms with Gasteiger partial charge in [0, 0.05) is 48.1 Å². The Morgan fingerprint density at radius 2 is 1.97 bits per heavy atom. The molecule has 2 unspecified atom stereocenters. The molecule has 0 aliphatic carbocycles. The van der Waals surface area contributed by atoms with Crippen molar-refractivity contribution < 1.29 is 14.3 Å². The highest BCUT2D eigenvalue weighted by Gasteiger charge is 2.37. The third kappa shape index (κ3) is 4.34. The largest absolute Gasteiger partial charge is 0.496 e. The number of halogens is 1. The van der Waals surface area contributed by atoms with E-state index in [1.54, 1.807) is 18.2 Å². The van der Waals surface area contributed by atoms with Crippen LogP contribution >= 0.6 is 15.9 Å². The van der Waals surface area contributed by atoms with Crippen LogP contribution in [0.5, 0.6) is 5.75 Å². The van der Waals surface area contributed by atoms with E-state index < -0.39 is 12.0 Å². The monoisotopic (exact) mass is 482 g/mol. The first-order valence-corrected chi connectivity index (χ1v) is 10.7. The molecule has 1 aliphatic rings. The predicted octanol–water partition coefficient (Wildman–Crippen LogP) is 3.45. The quantitative estimate of drug-likeness (QED) is 0.583. The summed E-state index contributed by atoms with van der Waals surface area (Å²) in [5.41, 5.74) is 1.59. The molecule has 1 N–H and O–H groups in total. The van der Waals surface area contributed by atoms with Crippen LogP contribution in [0.4, 0.5) is 5.69 Å². The molecule has 2 aromatic carbocycles. The second kappa shape index (κ2) is 8.93. The number of anilines is 1. The molecule has 2 amide bonds. The lowest BCUT2D eigenvalue weighted by Crippen LogP contribution is -2.37. The molecule has 1 aromatic heterocycles. The molecule has 1 saturated heterocycles. The van der Waals surface area contributed by atoms with Crippen LogP contribution in [0, 0.1) is 5.92 Å². The Labute approximate surface area is 189 Å². The topological polar surface area (TPSA) is 76.5 Å². The Morgan fingerprint density at radius 3 is 2.65 bits per heavy atom. The fraction of sp³-hybridized carbons (Fsp3) is 0.261. The maximum absolute atomic E-state index is 13.2. The minimum absolute atomic E-state index is 0.0618. The van der Waals surface area contributed by atoms with Crippen molar-refractivity contribution in [3.8, 4) is 5.75 Å². The molecule has 0 radical (unpaired) electrons. The molecule has 7 nitrogen and oxygen atoms in total. The van der Waals surface area contributed by atoms with Crippen LogP contribution in [0.1, 0.15) is 23.9 Å². The normalized spacial score (nSPS) is 16.9. The van der Waals surface area contributed by atoms with Gasteiger partial charge in [0.25, 0.3) is 0 Å².